The molecular formula is C66H41NO2. The van der Waals surface area contributed by atoms with Crippen molar-refractivity contribution in [3.63, 3.8) is 0 Å². The number of benzene rings is 11. The molecule has 3 nitrogen and oxygen atoms in total. The molecule has 0 saturated heterocycles. The molecule has 0 radical (unpaired) electrons. The fraction of sp³-hybridized carbons (Fsp3) is 0.0303. The molecular weight excluding hydrogens is 839 g/mol. The van der Waals surface area contributed by atoms with Crippen LogP contribution in [0.3, 0.4) is 0 Å². The number of para-hydroxylation sites is 4. The van der Waals surface area contributed by atoms with Gasteiger partial charge < -0.3 is 14.4 Å². The Bertz CT molecular complexity index is 3830. The quantitative estimate of drug-likeness (QED) is 0.176. The Balaban J connectivity index is 0.979. The minimum absolute atomic E-state index is 0.536. The lowest BCUT2D eigenvalue weighted by Crippen LogP contribution is -2.32. The summed E-state index contributed by atoms with van der Waals surface area (Å²) in [5.74, 6) is 3.57. The molecule has 2 spiro atoms. The van der Waals surface area contributed by atoms with Gasteiger partial charge in [0.05, 0.1) is 16.5 Å². The van der Waals surface area contributed by atoms with E-state index in [1.165, 1.54) is 77.5 Å². The molecule has 0 N–H and O–H groups in total. The molecule has 0 aromatic heterocycles. The lowest BCUT2D eigenvalue weighted by Gasteiger charge is -2.39. The van der Waals surface area contributed by atoms with E-state index in [2.05, 4.69) is 254 Å². The number of ether oxygens (including phenoxy) is 2. The fourth-order valence-electron chi connectivity index (χ4n) is 12.7. The van der Waals surface area contributed by atoms with Gasteiger partial charge in [-0.3, -0.25) is 0 Å². The number of hydrogen-bond donors (Lipinski definition) is 0. The van der Waals surface area contributed by atoms with Crippen molar-refractivity contribution in [1.29, 1.82) is 0 Å². The van der Waals surface area contributed by atoms with Gasteiger partial charge in [-0.2, -0.15) is 0 Å². The van der Waals surface area contributed by atoms with Crippen LogP contribution in [0.4, 0.5) is 17.1 Å². The highest BCUT2D eigenvalue weighted by atomic mass is 16.5. The summed E-state index contributed by atoms with van der Waals surface area (Å²) in [5.41, 5.74) is 19.1. The third kappa shape index (κ3) is 5.11. The first-order valence-electron chi connectivity index (χ1n) is 23.8. The van der Waals surface area contributed by atoms with Crippen molar-refractivity contribution in [2.75, 3.05) is 4.90 Å². The molecule has 0 saturated carbocycles. The summed E-state index contributed by atoms with van der Waals surface area (Å²) in [6, 6.07) is 90.9. The summed E-state index contributed by atoms with van der Waals surface area (Å²) in [5, 5.41) is 2.36. The number of rotatable bonds is 4. The normalized spacial score (nSPS) is 14.3. The predicted octanol–water partition coefficient (Wildman–Crippen LogP) is 16.9. The number of anilines is 3. The zero-order valence-corrected chi connectivity index (χ0v) is 37.4. The van der Waals surface area contributed by atoms with Crippen LogP contribution in [0.1, 0.15) is 44.5 Å². The molecule has 0 unspecified atom stereocenters. The van der Waals surface area contributed by atoms with Crippen molar-refractivity contribution >= 4 is 27.8 Å². The largest absolute Gasteiger partial charge is 0.457 e. The van der Waals surface area contributed by atoms with Gasteiger partial charge >= 0.3 is 0 Å². The van der Waals surface area contributed by atoms with Gasteiger partial charge in [0.15, 0.2) is 0 Å². The molecule has 11 aromatic carbocycles. The standard InChI is InChI=1S/C66H41NO2/c1-2-17-42(18-3-1)43-33-36-46(37-34-43)67(59-28-16-27-57-64(59)49-20-5-7-22-52(49)65(57)53-23-8-12-29-60(53)68-61-30-13-9-24-54(61)65)47-38-35-44-41-58-50(40-45(44)39-47)48-19-4-6-21-51(48)66(58)55-25-10-14-31-62(55)69-63-32-15-11-26-56(63)66/h1-41H. The second-order valence-electron chi connectivity index (χ2n) is 18.7. The lowest BCUT2D eigenvalue weighted by molar-refractivity contribution is 0.436. The van der Waals surface area contributed by atoms with Gasteiger partial charge in [-0.1, -0.05) is 182 Å². The van der Waals surface area contributed by atoms with Crippen molar-refractivity contribution in [3.8, 4) is 56.4 Å². The van der Waals surface area contributed by atoms with Gasteiger partial charge in [0.2, 0.25) is 0 Å². The van der Waals surface area contributed by atoms with E-state index >= 15 is 0 Å². The van der Waals surface area contributed by atoms with E-state index in [0.29, 0.717) is 0 Å². The number of nitrogens with zero attached hydrogens (tertiary/aromatic N) is 1. The van der Waals surface area contributed by atoms with E-state index < -0.39 is 10.8 Å². The molecule has 322 valence electrons. The van der Waals surface area contributed by atoms with E-state index in [1.54, 1.807) is 0 Å². The van der Waals surface area contributed by atoms with Crippen LogP contribution in [0.5, 0.6) is 23.0 Å². The van der Waals surface area contributed by atoms with Gasteiger partial charge in [-0.15, -0.1) is 0 Å². The highest BCUT2D eigenvalue weighted by Gasteiger charge is 2.53. The number of fused-ring (bicyclic) bond motifs is 19. The number of hydrogen-bond acceptors (Lipinski definition) is 3. The molecule has 3 heteroatoms. The van der Waals surface area contributed by atoms with E-state index in [9.17, 15) is 0 Å². The molecule has 2 heterocycles. The summed E-state index contributed by atoms with van der Waals surface area (Å²) >= 11 is 0. The van der Waals surface area contributed by atoms with Crippen LogP contribution >= 0.6 is 0 Å². The van der Waals surface area contributed by atoms with Crippen LogP contribution in [0, 0.1) is 0 Å². The van der Waals surface area contributed by atoms with Crippen molar-refractivity contribution < 1.29 is 9.47 Å². The molecule has 2 aliphatic heterocycles. The fourth-order valence-corrected chi connectivity index (χ4v) is 12.7. The van der Waals surface area contributed by atoms with Gasteiger partial charge in [-0.05, 0) is 128 Å². The van der Waals surface area contributed by atoms with Crippen LogP contribution in [-0.4, -0.2) is 0 Å². The minimum Gasteiger partial charge on any atom is -0.457 e. The Kier molecular flexibility index (Phi) is 7.92. The molecule has 15 rings (SSSR count). The average Bonchev–Trinajstić information content (AvgIpc) is 3.86. The third-order valence-corrected chi connectivity index (χ3v) is 15.4. The van der Waals surface area contributed by atoms with E-state index in [0.717, 1.165) is 51.2 Å². The molecule has 11 aromatic rings. The third-order valence-electron chi connectivity index (χ3n) is 15.4. The highest BCUT2D eigenvalue weighted by molar-refractivity contribution is 6.02. The van der Waals surface area contributed by atoms with Crippen molar-refractivity contribution in [2.45, 2.75) is 10.8 Å². The Labute approximate surface area is 400 Å². The maximum Gasteiger partial charge on any atom is 0.132 e. The minimum atomic E-state index is -0.592. The summed E-state index contributed by atoms with van der Waals surface area (Å²) < 4.78 is 13.4. The SMILES string of the molecule is c1ccc(-c2ccc(N(c3ccc4cc5c(cc4c3)-c3ccccc3C53c4ccccc4Oc4ccccc43)c3cccc4c3-c3ccccc3C43c4ccccc4Oc4ccccc43)cc2)cc1. The van der Waals surface area contributed by atoms with Gasteiger partial charge in [0, 0.05) is 39.2 Å². The predicted molar refractivity (Wildman–Crippen MR) is 279 cm³/mol. The molecule has 2 aliphatic carbocycles. The summed E-state index contributed by atoms with van der Waals surface area (Å²) in [7, 11) is 0. The molecule has 0 atom stereocenters. The smallest absolute Gasteiger partial charge is 0.132 e. The van der Waals surface area contributed by atoms with Crippen LogP contribution in [-0.2, 0) is 10.8 Å². The first kappa shape index (κ1) is 38.2. The second-order valence-corrected chi connectivity index (χ2v) is 18.7. The van der Waals surface area contributed by atoms with Gasteiger partial charge in [0.1, 0.15) is 23.0 Å². The maximum absolute atomic E-state index is 6.71. The summed E-state index contributed by atoms with van der Waals surface area (Å²) in [4.78, 5) is 2.48. The Morgan fingerprint density at radius 1 is 0.275 bits per heavy atom. The molecule has 69 heavy (non-hydrogen) atoms. The maximum atomic E-state index is 6.71. The van der Waals surface area contributed by atoms with Crippen LogP contribution < -0.4 is 14.4 Å². The van der Waals surface area contributed by atoms with Crippen molar-refractivity contribution in [2.24, 2.45) is 0 Å². The first-order valence-corrected chi connectivity index (χ1v) is 23.8. The highest BCUT2D eigenvalue weighted by Crippen LogP contribution is 2.65. The van der Waals surface area contributed by atoms with Crippen molar-refractivity contribution in [1.82, 2.24) is 0 Å². The van der Waals surface area contributed by atoms with Crippen LogP contribution in [0.2, 0.25) is 0 Å². The molecule has 0 fully saturated rings. The van der Waals surface area contributed by atoms with Crippen molar-refractivity contribution in [3.05, 3.63) is 293 Å². The van der Waals surface area contributed by atoms with Gasteiger partial charge in [-0.25, -0.2) is 0 Å². The van der Waals surface area contributed by atoms with Gasteiger partial charge in [0.25, 0.3) is 0 Å². The zero-order valence-electron chi connectivity index (χ0n) is 37.4. The summed E-state index contributed by atoms with van der Waals surface area (Å²) in [6.45, 7) is 0. The topological polar surface area (TPSA) is 21.7 Å². The van der Waals surface area contributed by atoms with E-state index in [4.69, 9.17) is 9.47 Å². The monoisotopic (exact) mass is 879 g/mol. The lowest BCUT2D eigenvalue weighted by atomic mass is 9.66. The van der Waals surface area contributed by atoms with Crippen LogP contribution in [0.15, 0.2) is 249 Å². The van der Waals surface area contributed by atoms with E-state index in [-0.39, 0.29) is 0 Å². The summed E-state index contributed by atoms with van der Waals surface area (Å²) in [6.07, 6.45) is 0. The first-order chi connectivity index (χ1) is 34.2. The van der Waals surface area contributed by atoms with Crippen LogP contribution in [0.25, 0.3) is 44.2 Å². The van der Waals surface area contributed by atoms with E-state index in [1.807, 2.05) is 0 Å². The second kappa shape index (κ2) is 14.3. The zero-order chi connectivity index (χ0) is 45.3. The molecule has 4 aliphatic rings. The Hall–Kier alpha value is -8.92. The molecule has 0 amide bonds. The average molecular weight is 880 g/mol. The Morgan fingerprint density at radius 2 is 0.739 bits per heavy atom. The Morgan fingerprint density at radius 3 is 1.35 bits per heavy atom. The molecule has 0 bridgehead atoms.